The minimum atomic E-state index is 0.433. The number of rotatable bonds is 1. The molecular weight excluding hydrogens is 120 g/mol. The predicted molar refractivity (Wildman–Crippen MR) is 37.0 cm³/mol. The average molecular weight is 130 g/mol. The van der Waals surface area contributed by atoms with Crippen molar-refractivity contribution in [1.29, 1.82) is 0 Å². The molecule has 1 aliphatic heterocycles. The first kappa shape index (κ1) is 6.02. The molecule has 1 atom stereocenters. The Morgan fingerprint density at radius 1 is 1.88 bits per heavy atom. The summed E-state index contributed by atoms with van der Waals surface area (Å²) in [4.78, 5) is 0. The van der Waals surface area contributed by atoms with Crippen molar-refractivity contribution in [1.82, 2.24) is 0 Å². The Morgan fingerprint density at radius 3 is 2.88 bits per heavy atom. The fourth-order valence-corrected chi connectivity index (χ4v) is 1.12. The van der Waals surface area contributed by atoms with E-state index in [9.17, 15) is 0 Å². The van der Waals surface area contributed by atoms with Crippen molar-refractivity contribution in [2.24, 2.45) is 0 Å². The Hall–Kier alpha value is -0.110. The highest BCUT2D eigenvalue weighted by atomic mass is 32.1. The summed E-state index contributed by atoms with van der Waals surface area (Å²) in [6.45, 7) is 2.12. The molecule has 0 aromatic rings. The Labute approximate surface area is 55.0 Å². The van der Waals surface area contributed by atoms with Crippen molar-refractivity contribution in [3.63, 3.8) is 0 Å². The van der Waals surface area contributed by atoms with Crippen LogP contribution in [0.15, 0.2) is 0 Å². The molecule has 0 bridgehead atoms. The number of hydrogen-bond acceptors (Lipinski definition) is 2. The lowest BCUT2D eigenvalue weighted by atomic mass is 10.2. The first-order valence-corrected chi connectivity index (χ1v) is 3.43. The standard InChI is InChI=1S/C6H10OS/c1-2-5-3-4-6(8)7-5/h5H,2-4H2,1H3. The quantitative estimate of drug-likeness (QED) is 0.501. The second-order valence-electron chi connectivity index (χ2n) is 2.06. The van der Waals surface area contributed by atoms with Crippen molar-refractivity contribution in [3.05, 3.63) is 0 Å². The molecule has 0 saturated carbocycles. The SMILES string of the molecule is CCC1CCC(=S)O1. The van der Waals surface area contributed by atoms with Crippen LogP contribution in [0.4, 0.5) is 0 Å². The molecule has 0 radical (unpaired) electrons. The van der Waals surface area contributed by atoms with E-state index >= 15 is 0 Å². The third kappa shape index (κ3) is 1.19. The first-order valence-electron chi connectivity index (χ1n) is 3.02. The van der Waals surface area contributed by atoms with Gasteiger partial charge in [0, 0.05) is 6.42 Å². The normalized spacial score (nSPS) is 28.1. The zero-order valence-corrected chi connectivity index (χ0v) is 5.83. The van der Waals surface area contributed by atoms with E-state index in [-0.39, 0.29) is 0 Å². The van der Waals surface area contributed by atoms with E-state index in [0.29, 0.717) is 6.10 Å². The third-order valence-corrected chi connectivity index (χ3v) is 1.72. The number of ether oxygens (including phenoxy) is 1. The van der Waals surface area contributed by atoms with Gasteiger partial charge in [-0.05, 0) is 25.1 Å². The molecule has 2 heteroatoms. The van der Waals surface area contributed by atoms with Crippen molar-refractivity contribution >= 4 is 17.3 Å². The smallest absolute Gasteiger partial charge is 0.160 e. The van der Waals surface area contributed by atoms with Gasteiger partial charge < -0.3 is 4.74 Å². The van der Waals surface area contributed by atoms with Gasteiger partial charge in [0.2, 0.25) is 0 Å². The molecule has 0 N–H and O–H groups in total. The molecule has 1 heterocycles. The van der Waals surface area contributed by atoms with Gasteiger partial charge in [-0.25, -0.2) is 0 Å². The summed E-state index contributed by atoms with van der Waals surface area (Å²) in [6.07, 6.45) is 3.66. The van der Waals surface area contributed by atoms with E-state index in [2.05, 4.69) is 6.92 Å². The maximum Gasteiger partial charge on any atom is 0.160 e. The van der Waals surface area contributed by atoms with Crippen LogP contribution in [0.3, 0.4) is 0 Å². The fraction of sp³-hybridized carbons (Fsp3) is 0.833. The van der Waals surface area contributed by atoms with Crippen LogP contribution in [0, 0.1) is 0 Å². The summed E-state index contributed by atoms with van der Waals surface area (Å²) in [5.74, 6) is 0. The average Bonchev–Trinajstić information content (AvgIpc) is 2.14. The van der Waals surface area contributed by atoms with Gasteiger partial charge >= 0.3 is 0 Å². The minimum Gasteiger partial charge on any atom is -0.484 e. The molecule has 1 nitrogen and oxygen atoms in total. The van der Waals surface area contributed by atoms with E-state index < -0.39 is 0 Å². The summed E-state index contributed by atoms with van der Waals surface area (Å²) < 4.78 is 5.24. The lowest BCUT2D eigenvalue weighted by Gasteiger charge is -2.03. The van der Waals surface area contributed by atoms with Crippen LogP contribution in [0.5, 0.6) is 0 Å². The molecule has 0 aliphatic carbocycles. The number of thiocarbonyl (C=S) groups is 1. The Balaban J connectivity index is 2.32. The molecule has 0 aromatic carbocycles. The van der Waals surface area contributed by atoms with E-state index in [0.717, 1.165) is 24.3 Å². The molecule has 1 rings (SSSR count). The molecule has 1 saturated heterocycles. The zero-order chi connectivity index (χ0) is 5.98. The molecule has 1 aliphatic rings. The monoisotopic (exact) mass is 130 g/mol. The minimum absolute atomic E-state index is 0.433. The summed E-state index contributed by atoms with van der Waals surface area (Å²) in [5, 5.41) is 0.803. The summed E-state index contributed by atoms with van der Waals surface area (Å²) >= 11 is 4.84. The van der Waals surface area contributed by atoms with Crippen molar-refractivity contribution < 1.29 is 4.74 Å². The van der Waals surface area contributed by atoms with Gasteiger partial charge in [0.25, 0.3) is 0 Å². The van der Waals surface area contributed by atoms with Crippen LogP contribution in [-0.4, -0.2) is 11.2 Å². The highest BCUT2D eigenvalue weighted by Gasteiger charge is 2.17. The maximum absolute atomic E-state index is 5.24. The third-order valence-electron chi connectivity index (χ3n) is 1.42. The summed E-state index contributed by atoms with van der Waals surface area (Å²) in [6, 6.07) is 0. The van der Waals surface area contributed by atoms with Gasteiger partial charge in [0.05, 0.1) is 6.10 Å². The summed E-state index contributed by atoms with van der Waals surface area (Å²) in [7, 11) is 0. The second-order valence-corrected chi connectivity index (χ2v) is 2.51. The highest BCUT2D eigenvalue weighted by molar-refractivity contribution is 7.80. The van der Waals surface area contributed by atoms with Gasteiger partial charge in [-0.3, -0.25) is 0 Å². The molecular formula is C6H10OS. The Bertz CT molecular complexity index is 101. The van der Waals surface area contributed by atoms with Crippen LogP contribution in [-0.2, 0) is 4.74 Å². The fourth-order valence-electron chi connectivity index (χ4n) is 0.870. The molecule has 1 fully saturated rings. The van der Waals surface area contributed by atoms with Gasteiger partial charge in [-0.2, -0.15) is 0 Å². The first-order chi connectivity index (χ1) is 3.83. The van der Waals surface area contributed by atoms with Crippen LogP contribution in [0.2, 0.25) is 0 Å². The van der Waals surface area contributed by atoms with Crippen molar-refractivity contribution in [2.45, 2.75) is 32.3 Å². The van der Waals surface area contributed by atoms with Crippen LogP contribution in [0.25, 0.3) is 0 Å². The predicted octanol–water partition coefficient (Wildman–Crippen LogP) is 1.90. The van der Waals surface area contributed by atoms with Crippen LogP contribution >= 0.6 is 12.2 Å². The van der Waals surface area contributed by atoms with Gasteiger partial charge in [-0.15, -0.1) is 0 Å². The molecule has 0 aromatic heterocycles. The molecule has 0 amide bonds. The molecule has 0 spiro atoms. The molecule has 46 valence electrons. The van der Waals surface area contributed by atoms with Crippen LogP contribution in [0.1, 0.15) is 26.2 Å². The number of hydrogen-bond donors (Lipinski definition) is 0. The molecule has 1 unspecified atom stereocenters. The van der Waals surface area contributed by atoms with Gasteiger partial charge in [-0.1, -0.05) is 6.92 Å². The zero-order valence-electron chi connectivity index (χ0n) is 5.02. The second kappa shape index (κ2) is 2.44. The van der Waals surface area contributed by atoms with Crippen molar-refractivity contribution in [2.75, 3.05) is 0 Å². The lowest BCUT2D eigenvalue weighted by Crippen LogP contribution is -2.02. The van der Waals surface area contributed by atoms with Gasteiger partial charge in [0.1, 0.15) is 0 Å². The van der Waals surface area contributed by atoms with E-state index in [4.69, 9.17) is 17.0 Å². The van der Waals surface area contributed by atoms with E-state index in [1.807, 2.05) is 0 Å². The lowest BCUT2D eigenvalue weighted by molar-refractivity contribution is 0.219. The molecule has 8 heavy (non-hydrogen) atoms. The summed E-state index contributed by atoms with van der Waals surface area (Å²) in [5.41, 5.74) is 0. The van der Waals surface area contributed by atoms with E-state index in [1.54, 1.807) is 0 Å². The topological polar surface area (TPSA) is 9.23 Å². The highest BCUT2D eigenvalue weighted by Crippen LogP contribution is 2.16. The van der Waals surface area contributed by atoms with Gasteiger partial charge in [0.15, 0.2) is 5.05 Å². The Morgan fingerprint density at radius 2 is 2.62 bits per heavy atom. The Kier molecular flexibility index (Phi) is 1.84. The largest absolute Gasteiger partial charge is 0.484 e. The van der Waals surface area contributed by atoms with Crippen molar-refractivity contribution in [3.8, 4) is 0 Å². The van der Waals surface area contributed by atoms with E-state index in [1.165, 1.54) is 0 Å². The van der Waals surface area contributed by atoms with Crippen LogP contribution < -0.4 is 0 Å². The maximum atomic E-state index is 5.24.